The van der Waals surface area contributed by atoms with E-state index in [1.54, 1.807) is 4.90 Å². The van der Waals surface area contributed by atoms with Gasteiger partial charge in [-0.15, -0.1) is 0 Å². The molecule has 0 aliphatic heterocycles. The Morgan fingerprint density at radius 2 is 1.33 bits per heavy atom. The second-order valence-corrected chi connectivity index (χ2v) is 16.3. The van der Waals surface area contributed by atoms with Crippen molar-refractivity contribution in [3.63, 3.8) is 0 Å². The van der Waals surface area contributed by atoms with Gasteiger partial charge in [0.15, 0.2) is 0 Å². The minimum Gasteiger partial charge on any atom is -0.407 e. The van der Waals surface area contributed by atoms with E-state index in [1.165, 1.54) is 10.4 Å². The number of carbonyl (C=O) groups excluding carboxylic acids is 1. The van der Waals surface area contributed by atoms with Crippen molar-refractivity contribution in [2.75, 3.05) is 13.7 Å². The van der Waals surface area contributed by atoms with Crippen LogP contribution >= 0.6 is 0 Å². The van der Waals surface area contributed by atoms with Crippen LogP contribution in [0.4, 0.5) is 0 Å². The van der Waals surface area contributed by atoms with Gasteiger partial charge >= 0.3 is 0 Å². The van der Waals surface area contributed by atoms with Gasteiger partial charge in [0, 0.05) is 19.6 Å². The number of carbonyl (C=O) groups is 1. The van der Waals surface area contributed by atoms with Crippen molar-refractivity contribution in [3.05, 3.63) is 96.6 Å². The first-order valence-electron chi connectivity index (χ1n) is 14.3. The molecule has 0 spiro atoms. The van der Waals surface area contributed by atoms with Crippen molar-refractivity contribution < 1.29 is 14.3 Å². The molecule has 0 aliphatic rings. The maximum Gasteiger partial charge on any atom is 0.261 e. The Balaban J connectivity index is 1.77. The number of likely N-dealkylation sites (N-methyl/N-ethyl adjacent to an activating group) is 1. The molecule has 3 aromatic rings. The van der Waals surface area contributed by atoms with Crippen molar-refractivity contribution in [1.82, 2.24) is 4.90 Å². The predicted molar refractivity (Wildman–Crippen MR) is 165 cm³/mol. The third-order valence-corrected chi connectivity index (χ3v) is 13.1. The summed E-state index contributed by atoms with van der Waals surface area (Å²) in [6.45, 7) is 13.6. The fraction of sp³-hybridized carbons (Fsp3) is 0.441. The molecule has 0 radical (unpaired) electrons. The maximum absolute atomic E-state index is 13.6. The molecule has 0 unspecified atom stereocenters. The molecule has 210 valence electrons. The predicted octanol–water partition coefficient (Wildman–Crippen LogP) is 6.20. The average Bonchev–Trinajstić information content (AvgIpc) is 2.95. The Morgan fingerprint density at radius 3 is 1.77 bits per heavy atom. The van der Waals surface area contributed by atoms with Gasteiger partial charge in [-0.2, -0.15) is 0 Å². The molecule has 1 amide bonds. The summed E-state index contributed by atoms with van der Waals surface area (Å²) in [7, 11) is -0.810. The first kappa shape index (κ1) is 30.8. The normalized spacial score (nSPS) is 15.3. The standard InChI is InChI=1S/C34H47NO3Si/c1-8-28(33(37)35(7)27(3)32(36)29-18-12-9-13-19-29)24-26(2)25-38-39(34(4,5)6,30-20-14-10-15-21-30)31-22-16-11-17-23-31/h9-23,26-28,32,36H,8,24-25H2,1-7H3/t26-,27+,28+,32-/m0/s1. The quantitative estimate of drug-likeness (QED) is 0.276. The Morgan fingerprint density at radius 1 is 0.872 bits per heavy atom. The van der Waals surface area contributed by atoms with E-state index in [1.807, 2.05) is 44.3 Å². The van der Waals surface area contributed by atoms with Gasteiger partial charge in [-0.3, -0.25) is 4.79 Å². The summed E-state index contributed by atoms with van der Waals surface area (Å²) >= 11 is 0. The Bertz CT molecular complexity index is 1110. The van der Waals surface area contributed by atoms with Crippen LogP contribution in [0.5, 0.6) is 0 Å². The summed E-state index contributed by atoms with van der Waals surface area (Å²) in [6, 6.07) is 30.6. The van der Waals surface area contributed by atoms with E-state index < -0.39 is 14.4 Å². The summed E-state index contributed by atoms with van der Waals surface area (Å²) in [5.74, 6) is 0.152. The van der Waals surface area contributed by atoms with E-state index >= 15 is 0 Å². The lowest BCUT2D eigenvalue weighted by Gasteiger charge is -2.43. The molecule has 0 aromatic heterocycles. The fourth-order valence-corrected chi connectivity index (χ4v) is 10.3. The van der Waals surface area contributed by atoms with E-state index in [2.05, 4.69) is 95.3 Å². The number of aliphatic hydroxyl groups is 1. The molecule has 4 nitrogen and oxygen atoms in total. The van der Waals surface area contributed by atoms with Crippen LogP contribution in [-0.4, -0.2) is 43.9 Å². The summed E-state index contributed by atoms with van der Waals surface area (Å²) < 4.78 is 7.13. The zero-order valence-electron chi connectivity index (χ0n) is 24.8. The lowest BCUT2D eigenvalue weighted by molar-refractivity contribution is -0.139. The minimum atomic E-state index is -2.62. The van der Waals surface area contributed by atoms with Crippen molar-refractivity contribution in [2.45, 2.75) is 71.6 Å². The van der Waals surface area contributed by atoms with Gasteiger partial charge in [0.1, 0.15) is 0 Å². The molecule has 0 saturated carbocycles. The number of amides is 1. The number of hydrogen-bond acceptors (Lipinski definition) is 3. The molecule has 5 heteroatoms. The summed E-state index contributed by atoms with van der Waals surface area (Å²) in [6.07, 6.45) is 0.765. The van der Waals surface area contributed by atoms with Gasteiger partial charge in [-0.25, -0.2) is 0 Å². The van der Waals surface area contributed by atoms with Gasteiger partial charge in [-0.1, -0.05) is 126 Å². The Kier molecular flexibility index (Phi) is 10.7. The zero-order valence-corrected chi connectivity index (χ0v) is 25.8. The first-order valence-corrected chi connectivity index (χ1v) is 16.2. The minimum absolute atomic E-state index is 0.0808. The molecule has 39 heavy (non-hydrogen) atoms. The molecule has 4 atom stereocenters. The van der Waals surface area contributed by atoms with Crippen LogP contribution in [0.15, 0.2) is 91.0 Å². The highest BCUT2D eigenvalue weighted by molar-refractivity contribution is 6.99. The van der Waals surface area contributed by atoms with Crippen LogP contribution in [0.25, 0.3) is 0 Å². The second-order valence-electron chi connectivity index (χ2n) is 12.0. The van der Waals surface area contributed by atoms with Crippen molar-refractivity contribution in [1.29, 1.82) is 0 Å². The first-order chi connectivity index (χ1) is 18.5. The monoisotopic (exact) mass is 545 g/mol. The molecule has 0 fully saturated rings. The SMILES string of the molecule is CC[C@H](C[C@H](C)CO[Si](c1ccccc1)(c1ccccc1)C(C)(C)C)C(=O)N(C)[C@H](C)[C@H](O)c1ccccc1. The smallest absolute Gasteiger partial charge is 0.261 e. The molecular weight excluding hydrogens is 498 g/mol. The van der Waals surface area contributed by atoms with Crippen molar-refractivity contribution in [3.8, 4) is 0 Å². The number of aliphatic hydroxyl groups excluding tert-OH is 1. The summed E-state index contributed by atoms with van der Waals surface area (Å²) in [4.78, 5) is 15.3. The summed E-state index contributed by atoms with van der Waals surface area (Å²) in [5.41, 5.74) is 0.824. The highest BCUT2D eigenvalue weighted by Gasteiger charge is 2.50. The molecular formula is C34H47NO3Si. The van der Waals surface area contributed by atoms with Gasteiger partial charge in [0.05, 0.1) is 12.1 Å². The molecule has 0 heterocycles. The van der Waals surface area contributed by atoms with Crippen LogP contribution in [0.2, 0.25) is 5.04 Å². The van der Waals surface area contributed by atoms with Gasteiger partial charge in [-0.05, 0) is 46.7 Å². The van der Waals surface area contributed by atoms with Crippen LogP contribution in [-0.2, 0) is 9.22 Å². The van der Waals surface area contributed by atoms with E-state index in [4.69, 9.17) is 4.43 Å². The molecule has 3 aromatic carbocycles. The molecule has 1 N–H and O–H groups in total. The number of rotatable bonds is 12. The van der Waals surface area contributed by atoms with Crippen LogP contribution in [0.3, 0.4) is 0 Å². The Hall–Kier alpha value is -2.73. The topological polar surface area (TPSA) is 49.8 Å². The summed E-state index contributed by atoms with van der Waals surface area (Å²) in [5, 5.41) is 13.3. The van der Waals surface area contributed by atoms with Crippen molar-refractivity contribution >= 4 is 24.6 Å². The van der Waals surface area contributed by atoms with Crippen LogP contribution < -0.4 is 10.4 Å². The molecule has 0 saturated heterocycles. The second kappa shape index (κ2) is 13.6. The van der Waals surface area contributed by atoms with E-state index in [0.717, 1.165) is 18.4 Å². The van der Waals surface area contributed by atoms with Crippen LogP contribution in [0, 0.1) is 11.8 Å². The largest absolute Gasteiger partial charge is 0.407 e. The Labute approximate surface area is 237 Å². The van der Waals surface area contributed by atoms with Gasteiger partial charge in [0.2, 0.25) is 5.91 Å². The lowest BCUT2D eigenvalue weighted by atomic mass is 9.92. The van der Waals surface area contributed by atoms with Crippen molar-refractivity contribution in [2.24, 2.45) is 11.8 Å². The highest BCUT2D eigenvalue weighted by atomic mass is 28.4. The number of benzene rings is 3. The van der Waals surface area contributed by atoms with E-state index in [9.17, 15) is 9.90 Å². The highest BCUT2D eigenvalue weighted by Crippen LogP contribution is 2.37. The van der Waals surface area contributed by atoms with Crippen LogP contribution in [0.1, 0.15) is 66.1 Å². The van der Waals surface area contributed by atoms with E-state index in [-0.39, 0.29) is 28.8 Å². The molecule has 3 rings (SSSR count). The zero-order chi connectivity index (χ0) is 28.6. The third kappa shape index (κ3) is 7.08. The lowest BCUT2D eigenvalue weighted by Crippen LogP contribution is -2.66. The van der Waals surface area contributed by atoms with Gasteiger partial charge < -0.3 is 14.4 Å². The maximum atomic E-state index is 13.6. The molecule has 0 aliphatic carbocycles. The number of nitrogens with zero attached hydrogens (tertiary/aromatic N) is 1. The average molecular weight is 546 g/mol. The van der Waals surface area contributed by atoms with Gasteiger partial charge in [0.25, 0.3) is 8.32 Å². The van der Waals surface area contributed by atoms with E-state index in [0.29, 0.717) is 6.61 Å². The third-order valence-electron chi connectivity index (χ3n) is 8.09. The fourth-order valence-electron chi connectivity index (χ4n) is 5.65. The number of hydrogen-bond donors (Lipinski definition) is 1. The molecule has 0 bridgehead atoms.